The first-order valence-corrected chi connectivity index (χ1v) is 6.55. The average Bonchev–Trinajstić information content (AvgIpc) is 2.43. The normalized spacial score (nSPS) is 10.7. The number of hydrogen-bond donors (Lipinski definition) is 0. The summed E-state index contributed by atoms with van der Waals surface area (Å²) in [5, 5.41) is 1.59. The topological polar surface area (TPSA) is 39.4 Å². The fourth-order valence-corrected chi connectivity index (χ4v) is 2.11. The Hall–Kier alpha value is -1.97. The van der Waals surface area contributed by atoms with Gasteiger partial charge in [0.2, 0.25) is 5.75 Å². The molecule has 1 aromatic heterocycles. The van der Waals surface area contributed by atoms with Crippen LogP contribution in [0.15, 0.2) is 57.7 Å². The van der Waals surface area contributed by atoms with Crippen molar-refractivity contribution in [1.82, 2.24) is 0 Å². The minimum Gasteiger partial charge on any atom is -0.448 e. The summed E-state index contributed by atoms with van der Waals surface area (Å²) in [4.78, 5) is 11.9. The summed E-state index contributed by atoms with van der Waals surface area (Å²) in [6.07, 6.45) is 0. The Balaban J connectivity index is 2.08. The molecule has 3 rings (SSSR count). The van der Waals surface area contributed by atoms with Crippen LogP contribution in [0.3, 0.4) is 0 Å². The third-order valence-corrected chi connectivity index (χ3v) is 3.27. The van der Waals surface area contributed by atoms with Crippen molar-refractivity contribution < 1.29 is 9.15 Å². The highest BCUT2D eigenvalue weighted by Gasteiger charge is 2.10. The summed E-state index contributed by atoms with van der Waals surface area (Å²) in [7, 11) is 0. The Morgan fingerprint density at radius 1 is 0.950 bits per heavy atom. The first-order valence-electron chi connectivity index (χ1n) is 5.79. The van der Waals surface area contributed by atoms with Crippen molar-refractivity contribution in [3.05, 3.63) is 69.0 Å². The van der Waals surface area contributed by atoms with Gasteiger partial charge in [-0.25, -0.2) is 4.79 Å². The van der Waals surface area contributed by atoms with Crippen LogP contribution in [-0.2, 0) is 0 Å². The van der Waals surface area contributed by atoms with Crippen LogP contribution in [0.1, 0.15) is 0 Å². The van der Waals surface area contributed by atoms with E-state index in [1.54, 1.807) is 36.4 Å². The molecule has 100 valence electrons. The van der Waals surface area contributed by atoms with Gasteiger partial charge in [-0.3, -0.25) is 0 Å². The Kier molecular flexibility index (Phi) is 3.38. The summed E-state index contributed by atoms with van der Waals surface area (Å²) in [6, 6.07) is 13.6. The van der Waals surface area contributed by atoms with E-state index >= 15 is 0 Å². The van der Waals surface area contributed by atoms with E-state index in [-0.39, 0.29) is 5.75 Å². The molecule has 0 aliphatic rings. The quantitative estimate of drug-likeness (QED) is 0.633. The summed E-state index contributed by atoms with van der Waals surface area (Å²) >= 11 is 11.9. The van der Waals surface area contributed by atoms with Gasteiger partial charge in [-0.05, 0) is 24.3 Å². The van der Waals surface area contributed by atoms with Crippen molar-refractivity contribution in [1.29, 1.82) is 0 Å². The lowest BCUT2D eigenvalue weighted by Gasteiger charge is -2.07. The molecule has 3 aromatic rings. The summed E-state index contributed by atoms with van der Waals surface area (Å²) in [5.41, 5.74) is -0.0678. The number of rotatable bonds is 2. The first-order chi connectivity index (χ1) is 9.63. The van der Waals surface area contributed by atoms with Gasteiger partial charge in [0.25, 0.3) is 0 Å². The van der Waals surface area contributed by atoms with Gasteiger partial charge in [0.05, 0.1) is 5.02 Å². The molecule has 20 heavy (non-hydrogen) atoms. The van der Waals surface area contributed by atoms with Gasteiger partial charge in [-0.1, -0.05) is 41.4 Å². The van der Waals surface area contributed by atoms with Gasteiger partial charge >= 0.3 is 5.63 Å². The Bertz CT molecular complexity index is 840. The van der Waals surface area contributed by atoms with Crippen LogP contribution in [-0.4, -0.2) is 0 Å². The van der Waals surface area contributed by atoms with E-state index in [4.69, 9.17) is 32.4 Å². The lowest BCUT2D eigenvalue weighted by Crippen LogP contribution is -2.03. The second-order valence-electron chi connectivity index (χ2n) is 4.11. The molecular weight excluding hydrogens is 299 g/mol. The molecule has 0 atom stereocenters. The maximum atomic E-state index is 11.9. The molecule has 3 nitrogen and oxygen atoms in total. The lowest BCUT2D eigenvalue weighted by atomic mass is 10.2. The zero-order valence-corrected chi connectivity index (χ0v) is 11.6. The average molecular weight is 307 g/mol. The molecular formula is C15H8Cl2O3. The molecule has 0 spiro atoms. The zero-order valence-electron chi connectivity index (χ0n) is 10.1. The monoisotopic (exact) mass is 306 g/mol. The van der Waals surface area contributed by atoms with Crippen molar-refractivity contribution in [2.24, 2.45) is 0 Å². The molecule has 2 aromatic carbocycles. The molecule has 0 fully saturated rings. The van der Waals surface area contributed by atoms with Gasteiger partial charge in [0, 0.05) is 16.5 Å². The zero-order chi connectivity index (χ0) is 14.1. The second-order valence-corrected chi connectivity index (χ2v) is 4.96. The van der Waals surface area contributed by atoms with Crippen LogP contribution >= 0.6 is 23.2 Å². The van der Waals surface area contributed by atoms with Crippen LogP contribution in [0.25, 0.3) is 11.0 Å². The van der Waals surface area contributed by atoms with Crippen LogP contribution in [0.2, 0.25) is 10.0 Å². The largest absolute Gasteiger partial charge is 0.448 e. The van der Waals surface area contributed by atoms with Crippen molar-refractivity contribution in [2.45, 2.75) is 0 Å². The molecule has 1 heterocycles. The van der Waals surface area contributed by atoms with E-state index in [1.807, 2.05) is 12.1 Å². The number of hydrogen-bond acceptors (Lipinski definition) is 3. The predicted octanol–water partition coefficient (Wildman–Crippen LogP) is 4.89. The number of ether oxygens (including phenoxy) is 1. The number of halogens is 2. The Labute approximate surface area is 124 Å². The van der Waals surface area contributed by atoms with E-state index in [9.17, 15) is 4.79 Å². The standard InChI is InChI=1S/C15H8Cl2O3/c16-10-5-6-11(17)13(8-10)19-14-7-9-3-1-2-4-12(9)20-15(14)18/h1-8H. The predicted molar refractivity (Wildman–Crippen MR) is 79.0 cm³/mol. The van der Waals surface area contributed by atoms with Crippen LogP contribution in [0, 0.1) is 0 Å². The van der Waals surface area contributed by atoms with Gasteiger partial charge < -0.3 is 9.15 Å². The van der Waals surface area contributed by atoms with Crippen LogP contribution < -0.4 is 10.4 Å². The van der Waals surface area contributed by atoms with Crippen LogP contribution in [0.4, 0.5) is 0 Å². The molecule has 0 aliphatic heterocycles. The molecule has 0 saturated heterocycles. The smallest absolute Gasteiger partial charge is 0.379 e. The third-order valence-electron chi connectivity index (χ3n) is 2.72. The van der Waals surface area contributed by atoms with Crippen molar-refractivity contribution in [3.8, 4) is 11.5 Å². The summed E-state index contributed by atoms with van der Waals surface area (Å²) in [5.74, 6) is 0.370. The highest BCUT2D eigenvalue weighted by atomic mass is 35.5. The van der Waals surface area contributed by atoms with Crippen molar-refractivity contribution in [3.63, 3.8) is 0 Å². The van der Waals surface area contributed by atoms with Gasteiger partial charge in [0.1, 0.15) is 11.3 Å². The fraction of sp³-hybridized carbons (Fsp3) is 0. The van der Waals surface area contributed by atoms with Gasteiger partial charge in [-0.2, -0.15) is 0 Å². The minimum atomic E-state index is -0.570. The van der Waals surface area contributed by atoms with E-state index < -0.39 is 5.63 Å². The molecule has 0 unspecified atom stereocenters. The maximum Gasteiger partial charge on any atom is 0.379 e. The number of benzene rings is 2. The van der Waals surface area contributed by atoms with E-state index in [0.29, 0.717) is 21.4 Å². The van der Waals surface area contributed by atoms with Crippen molar-refractivity contribution in [2.75, 3.05) is 0 Å². The molecule has 0 saturated carbocycles. The van der Waals surface area contributed by atoms with E-state index in [1.165, 1.54) is 0 Å². The van der Waals surface area contributed by atoms with E-state index in [0.717, 1.165) is 5.39 Å². The molecule has 0 aliphatic carbocycles. The molecule has 0 amide bonds. The Morgan fingerprint density at radius 2 is 1.75 bits per heavy atom. The van der Waals surface area contributed by atoms with Crippen molar-refractivity contribution >= 4 is 34.2 Å². The highest BCUT2D eigenvalue weighted by molar-refractivity contribution is 6.34. The van der Waals surface area contributed by atoms with Gasteiger partial charge in [0.15, 0.2) is 0 Å². The maximum absolute atomic E-state index is 11.9. The molecule has 0 N–H and O–H groups in total. The molecule has 0 radical (unpaired) electrons. The molecule has 5 heteroatoms. The third kappa shape index (κ3) is 2.50. The molecule has 0 bridgehead atoms. The number of fused-ring (bicyclic) bond motifs is 1. The summed E-state index contributed by atoms with van der Waals surface area (Å²) < 4.78 is 10.7. The number of para-hydroxylation sites is 1. The minimum absolute atomic E-state index is 0.0628. The Morgan fingerprint density at radius 3 is 2.60 bits per heavy atom. The lowest BCUT2D eigenvalue weighted by molar-refractivity contribution is 0.437. The first kappa shape index (κ1) is 13.0. The SMILES string of the molecule is O=c1oc2ccccc2cc1Oc1cc(Cl)ccc1Cl. The van der Waals surface area contributed by atoms with Gasteiger partial charge in [-0.15, -0.1) is 0 Å². The summed E-state index contributed by atoms with van der Waals surface area (Å²) in [6.45, 7) is 0. The second kappa shape index (κ2) is 5.19. The fourth-order valence-electron chi connectivity index (χ4n) is 1.79. The van der Waals surface area contributed by atoms with Crippen LogP contribution in [0.5, 0.6) is 11.5 Å². The van der Waals surface area contributed by atoms with E-state index in [2.05, 4.69) is 0 Å². The highest BCUT2D eigenvalue weighted by Crippen LogP contribution is 2.31.